The molecule has 0 aromatic rings. The molecule has 0 bridgehead atoms. The van der Waals surface area contributed by atoms with Crippen molar-refractivity contribution in [1.29, 1.82) is 0 Å². The van der Waals surface area contributed by atoms with Crippen LogP contribution >= 0.6 is 0 Å². The molecule has 1 aliphatic carbocycles. The topological polar surface area (TPSA) is 48.9 Å². The second kappa shape index (κ2) is 9.62. The minimum absolute atomic E-state index is 0.417. The summed E-state index contributed by atoms with van der Waals surface area (Å²) in [4.78, 5) is 7.05. The molecule has 0 aromatic carbocycles. The normalized spacial score (nSPS) is 25.8. The summed E-state index contributed by atoms with van der Waals surface area (Å²) < 4.78 is 5.28. The fraction of sp³-hybridized carbons (Fsp3) is 0.947. The summed E-state index contributed by atoms with van der Waals surface area (Å²) in [5.74, 6) is 0.940. The Balaban J connectivity index is 1.73. The second-order valence-corrected chi connectivity index (χ2v) is 7.83. The van der Waals surface area contributed by atoms with Gasteiger partial charge in [-0.2, -0.15) is 0 Å². The largest absolute Gasteiger partial charge is 0.385 e. The standard InChI is InChI=1S/C19H38N4O/c1-16-8-5-6-12-23(16)17(2)14-21-18(20-3)22-15-19(9-7-10-19)11-13-24-4/h16-17H,5-15H2,1-4H3,(H2,20,21,22). The van der Waals surface area contributed by atoms with E-state index < -0.39 is 0 Å². The molecule has 0 amide bonds. The van der Waals surface area contributed by atoms with E-state index in [0.717, 1.165) is 32.1 Å². The molecule has 2 fully saturated rings. The summed E-state index contributed by atoms with van der Waals surface area (Å²) in [7, 11) is 3.66. The van der Waals surface area contributed by atoms with E-state index in [4.69, 9.17) is 4.74 Å². The van der Waals surface area contributed by atoms with Crippen molar-refractivity contribution in [3.05, 3.63) is 0 Å². The first kappa shape index (κ1) is 19.5. The Morgan fingerprint density at radius 3 is 2.67 bits per heavy atom. The van der Waals surface area contributed by atoms with Crippen molar-refractivity contribution in [3.63, 3.8) is 0 Å². The minimum atomic E-state index is 0.417. The zero-order valence-corrected chi connectivity index (χ0v) is 16.2. The number of ether oxygens (including phenoxy) is 1. The van der Waals surface area contributed by atoms with E-state index in [1.54, 1.807) is 7.11 Å². The molecule has 0 radical (unpaired) electrons. The number of likely N-dealkylation sites (tertiary alicyclic amines) is 1. The molecule has 0 aromatic heterocycles. The van der Waals surface area contributed by atoms with Gasteiger partial charge in [-0.25, -0.2) is 0 Å². The van der Waals surface area contributed by atoms with E-state index in [1.165, 1.54) is 45.1 Å². The highest BCUT2D eigenvalue weighted by Gasteiger charge is 2.36. The molecule has 140 valence electrons. The second-order valence-electron chi connectivity index (χ2n) is 7.83. The van der Waals surface area contributed by atoms with Crippen LogP contribution < -0.4 is 10.6 Å². The van der Waals surface area contributed by atoms with Crippen LogP contribution in [0.1, 0.15) is 58.8 Å². The third-order valence-corrected chi connectivity index (χ3v) is 6.09. The van der Waals surface area contributed by atoms with Crippen LogP contribution in [0.3, 0.4) is 0 Å². The molecule has 5 nitrogen and oxygen atoms in total. The predicted molar refractivity (Wildman–Crippen MR) is 102 cm³/mol. The molecule has 2 atom stereocenters. The van der Waals surface area contributed by atoms with Gasteiger partial charge < -0.3 is 15.4 Å². The summed E-state index contributed by atoms with van der Waals surface area (Å²) in [6.07, 6.45) is 9.16. The molecular weight excluding hydrogens is 300 g/mol. The lowest BCUT2D eigenvalue weighted by atomic mass is 9.67. The third kappa shape index (κ3) is 5.35. The zero-order chi connectivity index (χ0) is 17.4. The average Bonchev–Trinajstić information content (AvgIpc) is 2.56. The minimum Gasteiger partial charge on any atom is -0.385 e. The molecule has 1 aliphatic heterocycles. The van der Waals surface area contributed by atoms with E-state index in [-0.39, 0.29) is 0 Å². The zero-order valence-electron chi connectivity index (χ0n) is 16.2. The van der Waals surface area contributed by atoms with Crippen LogP contribution in [0.2, 0.25) is 0 Å². The Hall–Kier alpha value is -0.810. The number of hydrogen-bond donors (Lipinski definition) is 2. The van der Waals surface area contributed by atoms with Gasteiger partial charge in [-0.05, 0) is 57.9 Å². The molecule has 2 N–H and O–H groups in total. The Bertz CT molecular complexity index is 395. The molecule has 2 rings (SSSR count). The fourth-order valence-corrected chi connectivity index (χ4v) is 4.14. The highest BCUT2D eigenvalue weighted by Crippen LogP contribution is 2.43. The van der Waals surface area contributed by atoms with Gasteiger partial charge in [-0.3, -0.25) is 9.89 Å². The maximum atomic E-state index is 5.28. The molecule has 2 aliphatic rings. The van der Waals surface area contributed by atoms with Crippen molar-refractivity contribution < 1.29 is 4.74 Å². The average molecular weight is 339 g/mol. The van der Waals surface area contributed by atoms with Gasteiger partial charge in [0.2, 0.25) is 0 Å². The van der Waals surface area contributed by atoms with Gasteiger partial charge in [0, 0.05) is 45.9 Å². The van der Waals surface area contributed by atoms with Crippen LogP contribution in [0.25, 0.3) is 0 Å². The summed E-state index contributed by atoms with van der Waals surface area (Å²) in [5.41, 5.74) is 0.417. The monoisotopic (exact) mass is 338 g/mol. The van der Waals surface area contributed by atoms with E-state index in [1.807, 2.05) is 7.05 Å². The Kier molecular flexibility index (Phi) is 7.82. The van der Waals surface area contributed by atoms with Crippen LogP contribution in [-0.2, 0) is 4.74 Å². The molecule has 1 saturated heterocycles. The van der Waals surface area contributed by atoms with E-state index in [9.17, 15) is 0 Å². The van der Waals surface area contributed by atoms with E-state index in [0.29, 0.717) is 17.5 Å². The number of guanidine groups is 1. The van der Waals surface area contributed by atoms with Crippen molar-refractivity contribution in [2.75, 3.05) is 40.4 Å². The molecule has 0 spiro atoms. The lowest BCUT2D eigenvalue weighted by Gasteiger charge is -2.42. The first-order valence-corrected chi connectivity index (χ1v) is 9.79. The van der Waals surface area contributed by atoms with E-state index >= 15 is 0 Å². The van der Waals surface area contributed by atoms with Gasteiger partial charge in [-0.1, -0.05) is 12.8 Å². The lowest BCUT2D eigenvalue weighted by Crippen LogP contribution is -2.52. The van der Waals surface area contributed by atoms with Crippen LogP contribution in [0, 0.1) is 5.41 Å². The van der Waals surface area contributed by atoms with Crippen molar-refractivity contribution in [2.24, 2.45) is 10.4 Å². The number of nitrogens with one attached hydrogen (secondary N) is 2. The van der Waals surface area contributed by atoms with Crippen molar-refractivity contribution >= 4 is 5.96 Å². The van der Waals surface area contributed by atoms with Gasteiger partial charge in [0.15, 0.2) is 5.96 Å². The van der Waals surface area contributed by atoms with Crippen molar-refractivity contribution in [3.8, 4) is 0 Å². The highest BCUT2D eigenvalue weighted by atomic mass is 16.5. The lowest BCUT2D eigenvalue weighted by molar-refractivity contribution is 0.0731. The summed E-state index contributed by atoms with van der Waals surface area (Å²) in [6.45, 7) is 8.74. The Labute approximate surface area is 148 Å². The molecule has 24 heavy (non-hydrogen) atoms. The van der Waals surface area contributed by atoms with Crippen LogP contribution in [0.5, 0.6) is 0 Å². The highest BCUT2D eigenvalue weighted by molar-refractivity contribution is 5.79. The molecule has 5 heteroatoms. The van der Waals surface area contributed by atoms with Crippen molar-refractivity contribution in [2.45, 2.75) is 70.9 Å². The number of piperidine rings is 1. The number of hydrogen-bond acceptors (Lipinski definition) is 3. The maximum absolute atomic E-state index is 5.28. The SMILES string of the molecule is CN=C(NCC(C)N1CCCCC1C)NCC1(CCOC)CCC1. The number of methoxy groups -OCH3 is 1. The first-order chi connectivity index (χ1) is 11.6. The van der Waals surface area contributed by atoms with E-state index in [2.05, 4.69) is 34.4 Å². The third-order valence-electron chi connectivity index (χ3n) is 6.09. The van der Waals surface area contributed by atoms with Gasteiger partial charge in [0.05, 0.1) is 0 Å². The summed E-state index contributed by atoms with van der Waals surface area (Å²) >= 11 is 0. The number of aliphatic imine (C=N–C) groups is 1. The Morgan fingerprint density at radius 2 is 2.08 bits per heavy atom. The number of rotatable bonds is 8. The maximum Gasteiger partial charge on any atom is 0.191 e. The predicted octanol–water partition coefficient (Wildman–Crippen LogP) is 2.62. The van der Waals surface area contributed by atoms with Crippen LogP contribution in [-0.4, -0.2) is 63.3 Å². The number of nitrogens with zero attached hydrogens (tertiary/aromatic N) is 2. The van der Waals surface area contributed by atoms with Crippen LogP contribution in [0.4, 0.5) is 0 Å². The van der Waals surface area contributed by atoms with Gasteiger partial charge in [0.1, 0.15) is 0 Å². The van der Waals surface area contributed by atoms with Gasteiger partial charge in [0.25, 0.3) is 0 Å². The van der Waals surface area contributed by atoms with Gasteiger partial charge >= 0.3 is 0 Å². The molecule has 2 unspecified atom stereocenters. The fourth-order valence-electron chi connectivity index (χ4n) is 4.14. The van der Waals surface area contributed by atoms with Gasteiger partial charge in [-0.15, -0.1) is 0 Å². The Morgan fingerprint density at radius 1 is 1.29 bits per heavy atom. The van der Waals surface area contributed by atoms with Crippen LogP contribution in [0.15, 0.2) is 4.99 Å². The summed E-state index contributed by atoms with van der Waals surface area (Å²) in [6, 6.07) is 1.25. The summed E-state index contributed by atoms with van der Waals surface area (Å²) in [5, 5.41) is 7.09. The molecular formula is C19H38N4O. The smallest absolute Gasteiger partial charge is 0.191 e. The first-order valence-electron chi connectivity index (χ1n) is 9.79. The molecule has 1 saturated carbocycles. The molecule has 1 heterocycles. The quantitative estimate of drug-likeness (QED) is 0.528. The van der Waals surface area contributed by atoms with Crippen molar-refractivity contribution in [1.82, 2.24) is 15.5 Å².